The number of nitrogen functional groups attached to an aromatic ring is 1. The number of hydrogen-bond acceptors (Lipinski definition) is 4. The highest BCUT2D eigenvalue weighted by Gasteiger charge is 2.28. The first-order valence-electron chi connectivity index (χ1n) is 6.80. The fourth-order valence-electron chi connectivity index (χ4n) is 2.43. The third-order valence-corrected chi connectivity index (χ3v) is 3.45. The molecule has 2 N–H and O–H groups in total. The molecule has 1 aliphatic heterocycles. The zero-order valence-electron chi connectivity index (χ0n) is 12.6. The predicted octanol–water partition coefficient (Wildman–Crippen LogP) is 1.59. The van der Waals surface area contributed by atoms with Crippen molar-refractivity contribution < 1.29 is 9.53 Å². The van der Waals surface area contributed by atoms with Gasteiger partial charge < -0.3 is 20.3 Å². The highest BCUT2D eigenvalue weighted by Crippen LogP contribution is 2.29. The quantitative estimate of drug-likeness (QED) is 0.834. The van der Waals surface area contributed by atoms with Gasteiger partial charge in [0.25, 0.3) is 5.91 Å². The van der Waals surface area contributed by atoms with E-state index in [-0.39, 0.29) is 11.5 Å². The lowest BCUT2D eigenvalue weighted by molar-refractivity contribution is -0.0276. The molecule has 20 heavy (non-hydrogen) atoms. The Morgan fingerprint density at radius 1 is 1.40 bits per heavy atom. The van der Waals surface area contributed by atoms with Gasteiger partial charge >= 0.3 is 0 Å². The molecular weight excluding hydrogens is 254 g/mol. The van der Waals surface area contributed by atoms with Crippen LogP contribution in [0.15, 0.2) is 18.2 Å². The van der Waals surface area contributed by atoms with Gasteiger partial charge in [0, 0.05) is 32.7 Å². The van der Waals surface area contributed by atoms with E-state index in [2.05, 4.69) is 18.7 Å². The fourth-order valence-corrected chi connectivity index (χ4v) is 2.43. The number of morpholine rings is 1. The van der Waals surface area contributed by atoms with E-state index in [0.29, 0.717) is 17.9 Å². The Morgan fingerprint density at radius 2 is 2.10 bits per heavy atom. The van der Waals surface area contributed by atoms with Gasteiger partial charge in [-0.2, -0.15) is 0 Å². The van der Waals surface area contributed by atoms with Crippen LogP contribution in [0.5, 0.6) is 0 Å². The van der Waals surface area contributed by atoms with Gasteiger partial charge in [-0.3, -0.25) is 4.79 Å². The molecule has 0 aliphatic carbocycles. The SMILES string of the molecule is CN(C)C(=O)c1ccc(N)c(N2CCOC(C)(C)C2)c1. The summed E-state index contributed by atoms with van der Waals surface area (Å²) in [6.45, 7) is 6.33. The average molecular weight is 277 g/mol. The number of ether oxygens (including phenoxy) is 1. The molecule has 0 unspecified atom stereocenters. The zero-order chi connectivity index (χ0) is 14.9. The number of nitrogens with two attached hydrogens (primary N) is 1. The Morgan fingerprint density at radius 3 is 2.70 bits per heavy atom. The van der Waals surface area contributed by atoms with Crippen molar-refractivity contribution in [1.82, 2.24) is 4.90 Å². The number of carbonyl (C=O) groups is 1. The highest BCUT2D eigenvalue weighted by molar-refractivity contribution is 5.96. The lowest BCUT2D eigenvalue weighted by atomic mass is 10.1. The van der Waals surface area contributed by atoms with Crippen molar-refractivity contribution in [2.24, 2.45) is 0 Å². The largest absolute Gasteiger partial charge is 0.397 e. The second-order valence-electron chi connectivity index (χ2n) is 6.00. The lowest BCUT2D eigenvalue weighted by Gasteiger charge is -2.40. The van der Waals surface area contributed by atoms with Crippen molar-refractivity contribution in [1.29, 1.82) is 0 Å². The third-order valence-electron chi connectivity index (χ3n) is 3.45. The first kappa shape index (κ1) is 14.7. The van der Waals surface area contributed by atoms with Gasteiger partial charge in [0.05, 0.1) is 23.6 Å². The van der Waals surface area contributed by atoms with Gasteiger partial charge in [0.2, 0.25) is 0 Å². The van der Waals surface area contributed by atoms with E-state index >= 15 is 0 Å². The van der Waals surface area contributed by atoms with Gasteiger partial charge in [-0.25, -0.2) is 0 Å². The van der Waals surface area contributed by atoms with E-state index in [1.807, 2.05) is 6.07 Å². The molecule has 5 heteroatoms. The molecule has 1 fully saturated rings. The number of benzene rings is 1. The molecular formula is C15H23N3O2. The van der Waals surface area contributed by atoms with E-state index in [4.69, 9.17) is 10.5 Å². The van der Waals surface area contributed by atoms with Crippen molar-refractivity contribution in [3.63, 3.8) is 0 Å². The van der Waals surface area contributed by atoms with Crippen LogP contribution in [0.2, 0.25) is 0 Å². The van der Waals surface area contributed by atoms with Crippen LogP contribution in [-0.4, -0.2) is 50.2 Å². The molecule has 1 heterocycles. The Labute approximate surface area is 120 Å². The smallest absolute Gasteiger partial charge is 0.253 e. The van der Waals surface area contributed by atoms with Crippen LogP contribution in [0.1, 0.15) is 24.2 Å². The first-order chi connectivity index (χ1) is 9.30. The van der Waals surface area contributed by atoms with Crippen LogP contribution in [0.4, 0.5) is 11.4 Å². The molecule has 0 radical (unpaired) electrons. The molecule has 1 aliphatic rings. The molecule has 0 aromatic heterocycles. The Kier molecular flexibility index (Phi) is 3.90. The molecule has 110 valence electrons. The average Bonchev–Trinajstić information content (AvgIpc) is 2.37. The second-order valence-corrected chi connectivity index (χ2v) is 6.00. The molecule has 0 bridgehead atoms. The monoisotopic (exact) mass is 277 g/mol. The maximum Gasteiger partial charge on any atom is 0.253 e. The molecule has 1 saturated heterocycles. The van der Waals surface area contributed by atoms with Gasteiger partial charge in [-0.05, 0) is 32.0 Å². The maximum atomic E-state index is 12.1. The van der Waals surface area contributed by atoms with Gasteiger partial charge in [-0.1, -0.05) is 0 Å². The van der Waals surface area contributed by atoms with E-state index in [1.165, 1.54) is 0 Å². The summed E-state index contributed by atoms with van der Waals surface area (Å²) in [5.41, 5.74) is 8.14. The molecule has 1 amide bonds. The van der Waals surface area contributed by atoms with Crippen molar-refractivity contribution >= 4 is 17.3 Å². The van der Waals surface area contributed by atoms with Gasteiger partial charge in [0.15, 0.2) is 0 Å². The summed E-state index contributed by atoms with van der Waals surface area (Å²) in [5.74, 6) is -0.0150. The van der Waals surface area contributed by atoms with Crippen LogP contribution in [0.3, 0.4) is 0 Å². The summed E-state index contributed by atoms with van der Waals surface area (Å²) in [4.78, 5) is 15.8. The van der Waals surface area contributed by atoms with Crippen LogP contribution in [-0.2, 0) is 4.74 Å². The molecule has 1 aromatic rings. The topological polar surface area (TPSA) is 58.8 Å². The number of carbonyl (C=O) groups excluding carboxylic acids is 1. The van der Waals surface area contributed by atoms with Crippen molar-refractivity contribution in [3.05, 3.63) is 23.8 Å². The van der Waals surface area contributed by atoms with Crippen molar-refractivity contribution in [2.75, 3.05) is 44.4 Å². The van der Waals surface area contributed by atoms with E-state index in [1.54, 1.807) is 31.1 Å². The summed E-state index contributed by atoms with van der Waals surface area (Å²) < 4.78 is 5.72. The Balaban J connectivity index is 2.31. The summed E-state index contributed by atoms with van der Waals surface area (Å²) in [6, 6.07) is 5.44. The van der Waals surface area contributed by atoms with E-state index in [0.717, 1.165) is 18.8 Å². The third kappa shape index (κ3) is 3.04. The standard InChI is InChI=1S/C15H23N3O2/c1-15(2)10-18(7-8-20-15)13-9-11(5-6-12(13)16)14(19)17(3)4/h5-6,9H,7-8,10,16H2,1-4H3. The fraction of sp³-hybridized carbons (Fsp3) is 0.533. The number of rotatable bonds is 2. The van der Waals surface area contributed by atoms with Crippen LogP contribution in [0.25, 0.3) is 0 Å². The summed E-state index contributed by atoms with van der Waals surface area (Å²) in [6.07, 6.45) is 0. The normalized spacial score (nSPS) is 17.9. The summed E-state index contributed by atoms with van der Waals surface area (Å²) >= 11 is 0. The summed E-state index contributed by atoms with van der Waals surface area (Å²) in [7, 11) is 3.49. The van der Waals surface area contributed by atoms with E-state index < -0.39 is 0 Å². The van der Waals surface area contributed by atoms with Gasteiger partial charge in [-0.15, -0.1) is 0 Å². The maximum absolute atomic E-state index is 12.1. The van der Waals surface area contributed by atoms with Crippen LogP contribution < -0.4 is 10.6 Å². The lowest BCUT2D eigenvalue weighted by Crippen LogP contribution is -2.48. The molecule has 0 spiro atoms. The molecule has 5 nitrogen and oxygen atoms in total. The predicted molar refractivity (Wildman–Crippen MR) is 81.1 cm³/mol. The Hall–Kier alpha value is -1.75. The molecule has 0 atom stereocenters. The second kappa shape index (κ2) is 5.32. The van der Waals surface area contributed by atoms with E-state index in [9.17, 15) is 4.79 Å². The van der Waals surface area contributed by atoms with Crippen molar-refractivity contribution in [3.8, 4) is 0 Å². The van der Waals surface area contributed by atoms with Gasteiger partial charge in [0.1, 0.15) is 0 Å². The minimum absolute atomic E-state index is 0.0150. The van der Waals surface area contributed by atoms with Crippen molar-refractivity contribution in [2.45, 2.75) is 19.4 Å². The summed E-state index contributed by atoms with van der Waals surface area (Å²) in [5, 5.41) is 0. The van der Waals surface area contributed by atoms with Crippen LogP contribution in [0, 0.1) is 0 Å². The first-order valence-corrected chi connectivity index (χ1v) is 6.80. The molecule has 1 aromatic carbocycles. The number of nitrogens with zero attached hydrogens (tertiary/aromatic N) is 2. The number of amides is 1. The Bertz CT molecular complexity index is 512. The molecule has 0 saturated carbocycles. The minimum Gasteiger partial charge on any atom is -0.397 e. The number of hydrogen-bond donors (Lipinski definition) is 1. The highest BCUT2D eigenvalue weighted by atomic mass is 16.5. The minimum atomic E-state index is -0.202. The van der Waals surface area contributed by atoms with Crippen LogP contribution >= 0.6 is 0 Å². The molecule has 2 rings (SSSR count). The zero-order valence-corrected chi connectivity index (χ0v) is 12.6. The number of anilines is 2.